The molecule has 1 aliphatic rings. The second-order valence-corrected chi connectivity index (χ2v) is 9.04. The normalized spacial score (nSPS) is 20.2. The van der Waals surface area contributed by atoms with Gasteiger partial charge in [-0.2, -0.15) is 4.31 Å². The number of sulfonamides is 1. The van der Waals surface area contributed by atoms with Gasteiger partial charge < -0.3 is 5.32 Å². The highest BCUT2D eigenvalue weighted by Gasteiger charge is 2.32. The molecule has 2 heterocycles. The lowest BCUT2D eigenvalue weighted by Gasteiger charge is -2.15. The van der Waals surface area contributed by atoms with E-state index in [2.05, 4.69) is 19.2 Å². The van der Waals surface area contributed by atoms with Crippen molar-refractivity contribution in [2.24, 2.45) is 5.92 Å². The predicted octanol–water partition coefficient (Wildman–Crippen LogP) is 3.06. The van der Waals surface area contributed by atoms with Crippen LogP contribution in [0.5, 0.6) is 0 Å². The van der Waals surface area contributed by atoms with Crippen molar-refractivity contribution in [1.82, 2.24) is 9.62 Å². The van der Waals surface area contributed by atoms with Crippen molar-refractivity contribution < 1.29 is 8.42 Å². The monoisotopic (exact) mass is 330 g/mol. The fourth-order valence-corrected chi connectivity index (χ4v) is 5.78. The third kappa shape index (κ3) is 4.28. The molecule has 2 rings (SSSR count). The molecule has 1 aromatic rings. The van der Waals surface area contributed by atoms with Crippen LogP contribution in [0.3, 0.4) is 0 Å². The number of hydrogen-bond acceptors (Lipinski definition) is 4. The van der Waals surface area contributed by atoms with Gasteiger partial charge in [0.05, 0.1) is 0 Å². The van der Waals surface area contributed by atoms with Crippen LogP contribution in [0.4, 0.5) is 0 Å². The molecule has 1 atom stereocenters. The van der Waals surface area contributed by atoms with E-state index in [-0.39, 0.29) is 0 Å². The first-order chi connectivity index (χ1) is 10.1. The van der Waals surface area contributed by atoms with E-state index >= 15 is 0 Å². The highest BCUT2D eigenvalue weighted by Crippen LogP contribution is 2.30. The molecule has 6 heteroatoms. The maximum Gasteiger partial charge on any atom is 0.252 e. The van der Waals surface area contributed by atoms with Crippen LogP contribution < -0.4 is 5.32 Å². The summed E-state index contributed by atoms with van der Waals surface area (Å²) in [4.78, 5) is 1.09. The van der Waals surface area contributed by atoms with Gasteiger partial charge in [-0.05, 0) is 43.9 Å². The Morgan fingerprint density at radius 1 is 1.33 bits per heavy atom. The second kappa shape index (κ2) is 7.72. The average Bonchev–Trinajstić information content (AvgIpc) is 3.09. The van der Waals surface area contributed by atoms with Crippen molar-refractivity contribution in [2.75, 3.05) is 19.6 Å². The summed E-state index contributed by atoms with van der Waals surface area (Å²) in [6, 6.07) is 3.69. The first-order valence-electron chi connectivity index (χ1n) is 7.87. The van der Waals surface area contributed by atoms with Gasteiger partial charge in [-0.15, -0.1) is 11.3 Å². The van der Waals surface area contributed by atoms with E-state index in [9.17, 15) is 8.42 Å². The molecular weight excluding hydrogens is 304 g/mol. The summed E-state index contributed by atoms with van der Waals surface area (Å²) in [5.41, 5.74) is 0. The molecule has 1 N–H and O–H groups in total. The number of nitrogens with zero attached hydrogens (tertiary/aromatic N) is 1. The summed E-state index contributed by atoms with van der Waals surface area (Å²) >= 11 is 1.40. The van der Waals surface area contributed by atoms with Gasteiger partial charge in [-0.25, -0.2) is 8.42 Å². The minimum absolute atomic E-state index is 0.493. The number of thiophene rings is 1. The van der Waals surface area contributed by atoms with Crippen LogP contribution in [0.25, 0.3) is 0 Å². The Bertz CT molecular complexity index is 540. The van der Waals surface area contributed by atoms with E-state index < -0.39 is 10.0 Å². The molecule has 1 saturated heterocycles. The van der Waals surface area contributed by atoms with E-state index in [1.54, 1.807) is 10.4 Å². The standard InChI is InChI=1S/C15H26N2O2S2/c1-3-5-13-8-10-17(12-13)21(18,19)15-7-6-14(20-15)11-16-9-4-2/h6-7,13,16H,3-5,8-12H2,1-2H3. The van der Waals surface area contributed by atoms with Crippen molar-refractivity contribution in [3.63, 3.8) is 0 Å². The quantitative estimate of drug-likeness (QED) is 0.745. The van der Waals surface area contributed by atoms with E-state index in [1.807, 2.05) is 6.07 Å². The molecule has 1 unspecified atom stereocenters. The molecule has 0 saturated carbocycles. The molecule has 1 aromatic heterocycles. The van der Waals surface area contributed by atoms with Crippen LogP contribution in [0.2, 0.25) is 0 Å². The van der Waals surface area contributed by atoms with Gasteiger partial charge in [0.2, 0.25) is 0 Å². The Hall–Kier alpha value is -0.430. The van der Waals surface area contributed by atoms with Gasteiger partial charge in [0.1, 0.15) is 4.21 Å². The zero-order valence-corrected chi connectivity index (χ0v) is 14.6. The van der Waals surface area contributed by atoms with Gasteiger partial charge in [0.15, 0.2) is 0 Å². The summed E-state index contributed by atoms with van der Waals surface area (Å²) in [6.45, 7) is 7.37. The molecule has 0 aliphatic carbocycles. The average molecular weight is 331 g/mol. The lowest BCUT2D eigenvalue weighted by atomic mass is 10.0. The Labute approximate surface area is 132 Å². The molecule has 0 aromatic carbocycles. The van der Waals surface area contributed by atoms with Gasteiger partial charge in [0.25, 0.3) is 10.0 Å². The second-order valence-electron chi connectivity index (χ2n) is 5.70. The van der Waals surface area contributed by atoms with Crippen LogP contribution in [-0.4, -0.2) is 32.4 Å². The maximum absolute atomic E-state index is 12.6. The van der Waals surface area contributed by atoms with Crippen LogP contribution in [0, 0.1) is 5.92 Å². The van der Waals surface area contributed by atoms with Gasteiger partial charge in [-0.1, -0.05) is 20.3 Å². The first kappa shape index (κ1) is 16.9. The van der Waals surface area contributed by atoms with E-state index in [0.29, 0.717) is 23.2 Å². The minimum Gasteiger partial charge on any atom is -0.312 e. The molecule has 0 bridgehead atoms. The SMILES string of the molecule is CCCNCc1ccc(S(=O)(=O)N2CCC(CCC)C2)s1. The molecule has 0 spiro atoms. The zero-order valence-electron chi connectivity index (χ0n) is 13.0. The van der Waals surface area contributed by atoms with Crippen LogP contribution in [0.1, 0.15) is 44.4 Å². The highest BCUT2D eigenvalue weighted by molar-refractivity contribution is 7.91. The Balaban J connectivity index is 2.00. The van der Waals surface area contributed by atoms with Crippen molar-refractivity contribution in [1.29, 1.82) is 0 Å². The highest BCUT2D eigenvalue weighted by atomic mass is 32.2. The van der Waals surface area contributed by atoms with Crippen LogP contribution >= 0.6 is 11.3 Å². The predicted molar refractivity (Wildman–Crippen MR) is 88.1 cm³/mol. The maximum atomic E-state index is 12.6. The molecule has 4 nitrogen and oxygen atoms in total. The van der Waals surface area contributed by atoms with Gasteiger partial charge >= 0.3 is 0 Å². The summed E-state index contributed by atoms with van der Waals surface area (Å²) in [5, 5.41) is 3.31. The van der Waals surface area contributed by atoms with Crippen molar-refractivity contribution in [3.05, 3.63) is 17.0 Å². The smallest absolute Gasteiger partial charge is 0.252 e. The molecule has 1 aliphatic heterocycles. The summed E-state index contributed by atoms with van der Waals surface area (Å²) in [5.74, 6) is 0.537. The van der Waals surface area contributed by atoms with Crippen molar-refractivity contribution in [3.8, 4) is 0 Å². The molecule has 0 radical (unpaired) electrons. The fraction of sp³-hybridized carbons (Fsp3) is 0.733. The van der Waals surface area contributed by atoms with Crippen LogP contribution in [-0.2, 0) is 16.6 Å². The number of nitrogens with one attached hydrogen (secondary N) is 1. The Morgan fingerprint density at radius 3 is 2.86 bits per heavy atom. The largest absolute Gasteiger partial charge is 0.312 e. The summed E-state index contributed by atoms with van der Waals surface area (Å²) in [7, 11) is -3.28. The fourth-order valence-electron chi connectivity index (χ4n) is 2.77. The zero-order chi connectivity index (χ0) is 15.3. The minimum atomic E-state index is -3.28. The van der Waals surface area contributed by atoms with Crippen molar-refractivity contribution in [2.45, 2.75) is 50.3 Å². The van der Waals surface area contributed by atoms with E-state index in [4.69, 9.17) is 0 Å². The third-order valence-corrected chi connectivity index (χ3v) is 7.32. The van der Waals surface area contributed by atoms with Crippen LogP contribution in [0.15, 0.2) is 16.3 Å². The molecule has 21 heavy (non-hydrogen) atoms. The third-order valence-electron chi connectivity index (χ3n) is 3.90. The summed E-state index contributed by atoms with van der Waals surface area (Å²) < 4.78 is 27.4. The Morgan fingerprint density at radius 2 is 2.14 bits per heavy atom. The van der Waals surface area contributed by atoms with Gasteiger partial charge in [-0.3, -0.25) is 0 Å². The summed E-state index contributed by atoms with van der Waals surface area (Å²) in [6.07, 6.45) is 4.35. The van der Waals surface area contributed by atoms with E-state index in [0.717, 1.165) is 43.6 Å². The van der Waals surface area contributed by atoms with Crippen molar-refractivity contribution >= 4 is 21.4 Å². The molecule has 0 amide bonds. The van der Waals surface area contributed by atoms with E-state index in [1.165, 1.54) is 11.3 Å². The number of rotatable bonds is 8. The lowest BCUT2D eigenvalue weighted by molar-refractivity contribution is 0.446. The topological polar surface area (TPSA) is 49.4 Å². The Kier molecular flexibility index (Phi) is 6.22. The molecule has 1 fully saturated rings. The number of hydrogen-bond donors (Lipinski definition) is 1. The van der Waals surface area contributed by atoms with Gasteiger partial charge in [0, 0.05) is 24.5 Å². The molecular formula is C15H26N2O2S2. The molecule has 120 valence electrons. The first-order valence-corrected chi connectivity index (χ1v) is 10.1. The lowest BCUT2D eigenvalue weighted by Crippen LogP contribution is -2.28.